The Morgan fingerprint density at radius 3 is 2.75 bits per heavy atom. The number of nitrogens with two attached hydrogens (primary N) is 1. The highest BCUT2D eigenvalue weighted by Gasteiger charge is 2.17. The summed E-state index contributed by atoms with van der Waals surface area (Å²) in [7, 11) is 0. The number of aromatic nitrogens is 2. The molecule has 16 heavy (non-hydrogen) atoms. The van der Waals surface area contributed by atoms with Crippen molar-refractivity contribution >= 4 is 5.95 Å². The number of unbranched alkanes of at least 4 members (excludes halogenated alkanes) is 2. The number of nitrogens with zero attached hydrogens (tertiary/aromatic N) is 3. The van der Waals surface area contributed by atoms with E-state index < -0.39 is 0 Å². The topological polar surface area (TPSA) is 68.2 Å². The van der Waals surface area contributed by atoms with Gasteiger partial charge >= 0.3 is 0 Å². The predicted molar refractivity (Wildman–Crippen MR) is 62.4 cm³/mol. The summed E-state index contributed by atoms with van der Waals surface area (Å²) in [6.07, 6.45) is 6.64. The standard InChI is InChI=1S/C11H20N4O/c12-7-3-1-2-6-10-13-11(14-16-10)15-8-4-5-9-15/h1-9,12H2. The summed E-state index contributed by atoms with van der Waals surface area (Å²) in [5, 5.41) is 4.01. The third kappa shape index (κ3) is 2.95. The van der Waals surface area contributed by atoms with E-state index >= 15 is 0 Å². The Morgan fingerprint density at radius 1 is 1.19 bits per heavy atom. The monoisotopic (exact) mass is 224 g/mol. The second-order valence-corrected chi connectivity index (χ2v) is 4.28. The number of rotatable bonds is 6. The van der Waals surface area contributed by atoms with Gasteiger partial charge in [0.1, 0.15) is 0 Å². The van der Waals surface area contributed by atoms with Crippen LogP contribution in [0.3, 0.4) is 0 Å². The van der Waals surface area contributed by atoms with Crippen molar-refractivity contribution in [1.29, 1.82) is 0 Å². The lowest BCUT2D eigenvalue weighted by atomic mass is 10.2. The molecule has 0 saturated carbocycles. The van der Waals surface area contributed by atoms with Crippen molar-refractivity contribution in [2.45, 2.75) is 38.5 Å². The summed E-state index contributed by atoms with van der Waals surface area (Å²) >= 11 is 0. The van der Waals surface area contributed by atoms with Crippen LogP contribution in [0.5, 0.6) is 0 Å². The zero-order chi connectivity index (χ0) is 11.2. The van der Waals surface area contributed by atoms with Crippen molar-refractivity contribution < 1.29 is 4.52 Å². The number of hydrogen-bond donors (Lipinski definition) is 1. The van der Waals surface area contributed by atoms with Crippen LogP contribution in [0.2, 0.25) is 0 Å². The third-order valence-electron chi connectivity index (χ3n) is 2.94. The fourth-order valence-electron chi connectivity index (χ4n) is 1.99. The highest BCUT2D eigenvalue weighted by Crippen LogP contribution is 2.16. The van der Waals surface area contributed by atoms with Crippen LogP contribution in [0.1, 0.15) is 38.0 Å². The molecule has 0 aromatic carbocycles. The molecule has 2 N–H and O–H groups in total. The highest BCUT2D eigenvalue weighted by atomic mass is 16.5. The van der Waals surface area contributed by atoms with Gasteiger partial charge in [0, 0.05) is 19.5 Å². The van der Waals surface area contributed by atoms with Gasteiger partial charge in [-0.25, -0.2) is 0 Å². The first kappa shape index (κ1) is 11.4. The van der Waals surface area contributed by atoms with Crippen molar-refractivity contribution in [3.8, 4) is 0 Å². The first-order valence-corrected chi connectivity index (χ1v) is 6.18. The summed E-state index contributed by atoms with van der Waals surface area (Å²) in [6, 6.07) is 0. The van der Waals surface area contributed by atoms with E-state index in [1.54, 1.807) is 0 Å². The maximum absolute atomic E-state index is 5.44. The van der Waals surface area contributed by atoms with E-state index in [0.717, 1.165) is 57.2 Å². The summed E-state index contributed by atoms with van der Waals surface area (Å²) in [6.45, 7) is 2.89. The Balaban J connectivity index is 1.77. The van der Waals surface area contributed by atoms with Gasteiger partial charge in [-0.15, -0.1) is 0 Å². The van der Waals surface area contributed by atoms with Gasteiger partial charge < -0.3 is 15.2 Å². The Hall–Kier alpha value is -1.10. The lowest BCUT2D eigenvalue weighted by Gasteiger charge is -2.09. The quantitative estimate of drug-likeness (QED) is 0.738. The van der Waals surface area contributed by atoms with Crippen LogP contribution in [-0.2, 0) is 6.42 Å². The van der Waals surface area contributed by atoms with Crippen LogP contribution in [0.4, 0.5) is 5.95 Å². The predicted octanol–water partition coefficient (Wildman–Crippen LogP) is 1.34. The minimum atomic E-state index is 0.763. The van der Waals surface area contributed by atoms with Crippen LogP contribution in [0, 0.1) is 0 Å². The van der Waals surface area contributed by atoms with Crippen LogP contribution in [-0.4, -0.2) is 29.8 Å². The smallest absolute Gasteiger partial charge is 0.266 e. The maximum atomic E-state index is 5.44. The third-order valence-corrected chi connectivity index (χ3v) is 2.94. The zero-order valence-corrected chi connectivity index (χ0v) is 9.69. The summed E-state index contributed by atoms with van der Waals surface area (Å²) in [5.41, 5.74) is 5.44. The molecule has 1 aromatic rings. The van der Waals surface area contributed by atoms with Gasteiger partial charge in [0.05, 0.1) is 0 Å². The van der Waals surface area contributed by atoms with E-state index in [0.29, 0.717) is 0 Å². The molecule has 0 unspecified atom stereocenters. The Labute approximate surface area is 96.0 Å². The van der Waals surface area contributed by atoms with Gasteiger partial charge in [0.25, 0.3) is 5.95 Å². The summed E-state index contributed by atoms with van der Waals surface area (Å²) in [4.78, 5) is 6.59. The van der Waals surface area contributed by atoms with E-state index in [4.69, 9.17) is 10.3 Å². The molecule has 0 amide bonds. The normalized spacial score (nSPS) is 15.9. The van der Waals surface area contributed by atoms with E-state index in [-0.39, 0.29) is 0 Å². The molecule has 1 saturated heterocycles. The molecular weight excluding hydrogens is 204 g/mol. The average Bonchev–Trinajstić information content (AvgIpc) is 2.94. The highest BCUT2D eigenvalue weighted by molar-refractivity contribution is 5.28. The molecule has 90 valence electrons. The number of hydrogen-bond acceptors (Lipinski definition) is 5. The molecule has 1 aliphatic rings. The minimum Gasteiger partial charge on any atom is -0.338 e. The number of aryl methyl sites for hydroxylation is 1. The SMILES string of the molecule is NCCCCCc1nc(N2CCCC2)no1. The largest absolute Gasteiger partial charge is 0.338 e. The van der Waals surface area contributed by atoms with E-state index in [1.807, 2.05) is 0 Å². The van der Waals surface area contributed by atoms with Gasteiger partial charge in [-0.2, -0.15) is 4.98 Å². The first-order valence-electron chi connectivity index (χ1n) is 6.18. The van der Waals surface area contributed by atoms with E-state index in [9.17, 15) is 0 Å². The molecule has 2 heterocycles. The van der Waals surface area contributed by atoms with Crippen molar-refractivity contribution in [3.05, 3.63) is 5.89 Å². The van der Waals surface area contributed by atoms with Crippen molar-refractivity contribution in [2.24, 2.45) is 5.73 Å². The molecule has 1 fully saturated rings. The Morgan fingerprint density at radius 2 is 2.00 bits per heavy atom. The van der Waals surface area contributed by atoms with Crippen molar-refractivity contribution in [2.75, 3.05) is 24.5 Å². The van der Waals surface area contributed by atoms with Crippen LogP contribution in [0.25, 0.3) is 0 Å². The van der Waals surface area contributed by atoms with Crippen molar-refractivity contribution in [1.82, 2.24) is 10.1 Å². The van der Waals surface area contributed by atoms with Crippen LogP contribution >= 0.6 is 0 Å². The molecule has 0 spiro atoms. The second kappa shape index (κ2) is 5.84. The average molecular weight is 224 g/mol. The van der Waals surface area contributed by atoms with Crippen LogP contribution < -0.4 is 10.6 Å². The molecule has 0 atom stereocenters. The Bertz CT molecular complexity index is 307. The maximum Gasteiger partial charge on any atom is 0.266 e. The first-order chi connectivity index (χ1) is 7.90. The molecule has 0 bridgehead atoms. The van der Waals surface area contributed by atoms with Gasteiger partial charge in [-0.05, 0) is 37.4 Å². The van der Waals surface area contributed by atoms with Crippen LogP contribution in [0.15, 0.2) is 4.52 Å². The van der Waals surface area contributed by atoms with E-state index in [2.05, 4.69) is 15.0 Å². The van der Waals surface area contributed by atoms with Gasteiger partial charge in [0.2, 0.25) is 5.89 Å². The molecule has 0 aliphatic carbocycles. The molecule has 2 rings (SSSR count). The molecule has 1 aliphatic heterocycles. The van der Waals surface area contributed by atoms with Crippen molar-refractivity contribution in [3.63, 3.8) is 0 Å². The molecule has 1 aromatic heterocycles. The minimum absolute atomic E-state index is 0.763. The fraction of sp³-hybridized carbons (Fsp3) is 0.818. The molecular formula is C11H20N4O. The van der Waals surface area contributed by atoms with Gasteiger partial charge in [0.15, 0.2) is 0 Å². The van der Waals surface area contributed by atoms with E-state index in [1.165, 1.54) is 12.8 Å². The summed E-state index contributed by atoms with van der Waals surface area (Å²) < 4.78 is 5.22. The molecule has 0 radical (unpaired) electrons. The molecule has 5 heteroatoms. The number of anilines is 1. The zero-order valence-electron chi connectivity index (χ0n) is 9.69. The summed E-state index contributed by atoms with van der Waals surface area (Å²) in [5.74, 6) is 1.53. The Kier molecular flexibility index (Phi) is 4.16. The lowest BCUT2D eigenvalue weighted by Crippen LogP contribution is -2.18. The second-order valence-electron chi connectivity index (χ2n) is 4.28. The molecule has 5 nitrogen and oxygen atoms in total. The lowest BCUT2D eigenvalue weighted by molar-refractivity contribution is 0.373. The van der Waals surface area contributed by atoms with Gasteiger partial charge in [-0.3, -0.25) is 0 Å². The fourth-order valence-corrected chi connectivity index (χ4v) is 1.99. The van der Waals surface area contributed by atoms with Gasteiger partial charge in [-0.1, -0.05) is 6.42 Å².